The molecular formula is C21H22FN3O4. The van der Waals surface area contributed by atoms with Crippen molar-refractivity contribution in [3.8, 4) is 0 Å². The molecule has 2 aliphatic heterocycles. The molecule has 2 aromatic rings. The third-order valence-corrected chi connectivity index (χ3v) is 5.59. The number of hydrogen-bond acceptors (Lipinski definition) is 5. The Balaban J connectivity index is 1.50. The highest BCUT2D eigenvalue weighted by atomic mass is 19.1. The molecule has 0 radical (unpaired) electrons. The molecule has 2 saturated heterocycles. The van der Waals surface area contributed by atoms with Crippen molar-refractivity contribution in [2.75, 3.05) is 36.0 Å². The Morgan fingerprint density at radius 3 is 2.55 bits per heavy atom. The van der Waals surface area contributed by atoms with E-state index in [-0.39, 0.29) is 18.1 Å². The van der Waals surface area contributed by atoms with E-state index >= 15 is 0 Å². The highest BCUT2D eigenvalue weighted by Crippen LogP contribution is 2.37. The Labute approximate surface area is 167 Å². The molecule has 0 atom stereocenters. The summed E-state index contributed by atoms with van der Waals surface area (Å²) < 4.78 is 18.4. The number of non-ortho nitro benzene ring substituents is 1. The topological polar surface area (TPSA) is 75.9 Å². The van der Waals surface area contributed by atoms with Crippen molar-refractivity contribution >= 4 is 23.2 Å². The van der Waals surface area contributed by atoms with E-state index in [1.54, 1.807) is 18.2 Å². The van der Waals surface area contributed by atoms with Crippen LogP contribution in [0, 0.1) is 21.8 Å². The maximum atomic E-state index is 13.4. The number of carbonyl (C=O) groups is 1. The summed E-state index contributed by atoms with van der Waals surface area (Å²) in [4.78, 5) is 26.4. The molecular weight excluding hydrogens is 377 g/mol. The molecule has 0 aliphatic carbocycles. The monoisotopic (exact) mass is 399 g/mol. The highest BCUT2D eigenvalue weighted by Gasteiger charge is 2.30. The van der Waals surface area contributed by atoms with Gasteiger partial charge in [-0.25, -0.2) is 9.18 Å². The first-order valence-electron chi connectivity index (χ1n) is 9.73. The SMILES string of the molecule is O=C1OCCN1c1cc([N+](=O)[O-])ccc1N1CCC(Cc2cccc(F)c2)CC1. The van der Waals surface area contributed by atoms with Crippen LogP contribution in [0.4, 0.5) is 26.2 Å². The average molecular weight is 399 g/mol. The van der Waals surface area contributed by atoms with Crippen LogP contribution in [0.1, 0.15) is 18.4 Å². The number of hydrogen-bond donors (Lipinski definition) is 0. The van der Waals surface area contributed by atoms with Gasteiger partial charge in [-0.2, -0.15) is 0 Å². The summed E-state index contributed by atoms with van der Waals surface area (Å²) in [6.45, 7) is 2.20. The Bertz CT molecular complexity index is 928. The summed E-state index contributed by atoms with van der Waals surface area (Å²) in [5.74, 6) is 0.235. The second-order valence-corrected chi connectivity index (χ2v) is 7.46. The Morgan fingerprint density at radius 2 is 1.90 bits per heavy atom. The number of nitro benzene ring substituents is 1. The number of rotatable bonds is 5. The quantitative estimate of drug-likeness (QED) is 0.558. The van der Waals surface area contributed by atoms with Crippen LogP contribution >= 0.6 is 0 Å². The summed E-state index contributed by atoms with van der Waals surface area (Å²) in [5, 5.41) is 11.2. The molecule has 8 heteroatoms. The van der Waals surface area contributed by atoms with Crippen LogP contribution in [0.2, 0.25) is 0 Å². The summed E-state index contributed by atoms with van der Waals surface area (Å²) in [5.41, 5.74) is 2.27. The predicted octanol–water partition coefficient (Wildman–Crippen LogP) is 4.15. The van der Waals surface area contributed by atoms with Gasteiger partial charge in [-0.3, -0.25) is 15.0 Å². The van der Waals surface area contributed by atoms with Gasteiger partial charge in [0, 0.05) is 25.2 Å². The molecule has 1 amide bonds. The smallest absolute Gasteiger partial charge is 0.414 e. The standard InChI is InChI=1S/C21H22FN3O4/c22-17-3-1-2-16(13-17)12-15-6-8-23(9-7-15)19-5-4-18(25(27)28)14-20(19)24-10-11-29-21(24)26/h1-5,13-15H,6-12H2. The van der Waals surface area contributed by atoms with Crippen molar-refractivity contribution in [2.24, 2.45) is 5.92 Å². The number of amides is 1. The predicted molar refractivity (Wildman–Crippen MR) is 107 cm³/mol. The second-order valence-electron chi connectivity index (χ2n) is 7.46. The van der Waals surface area contributed by atoms with Crippen molar-refractivity contribution in [3.05, 3.63) is 64.0 Å². The number of piperidine rings is 1. The van der Waals surface area contributed by atoms with Crippen LogP contribution < -0.4 is 9.80 Å². The Kier molecular flexibility index (Phi) is 5.33. The zero-order chi connectivity index (χ0) is 20.4. The van der Waals surface area contributed by atoms with Crippen molar-refractivity contribution in [1.29, 1.82) is 0 Å². The lowest BCUT2D eigenvalue weighted by atomic mass is 9.90. The fourth-order valence-electron chi connectivity index (χ4n) is 4.10. The Hall–Kier alpha value is -3.16. The van der Waals surface area contributed by atoms with E-state index in [4.69, 9.17) is 4.74 Å². The molecule has 0 saturated carbocycles. The highest BCUT2D eigenvalue weighted by molar-refractivity contribution is 5.94. The number of carbonyl (C=O) groups excluding carboxylic acids is 1. The van der Waals surface area contributed by atoms with Crippen molar-refractivity contribution in [1.82, 2.24) is 0 Å². The van der Waals surface area contributed by atoms with Gasteiger partial charge in [-0.15, -0.1) is 0 Å². The molecule has 0 N–H and O–H groups in total. The maximum absolute atomic E-state index is 13.4. The van der Waals surface area contributed by atoms with Crippen LogP contribution in [0.3, 0.4) is 0 Å². The van der Waals surface area contributed by atoms with Gasteiger partial charge in [-0.1, -0.05) is 12.1 Å². The van der Waals surface area contributed by atoms with E-state index < -0.39 is 11.0 Å². The molecule has 4 rings (SSSR count). The number of nitrogens with zero attached hydrogens (tertiary/aromatic N) is 3. The molecule has 29 heavy (non-hydrogen) atoms. The molecule has 0 aromatic heterocycles. The Morgan fingerprint density at radius 1 is 1.10 bits per heavy atom. The van der Waals surface area contributed by atoms with E-state index in [9.17, 15) is 19.3 Å². The first-order chi connectivity index (χ1) is 14.0. The van der Waals surface area contributed by atoms with Crippen molar-refractivity contribution in [3.63, 3.8) is 0 Å². The normalized spacial score (nSPS) is 17.5. The van der Waals surface area contributed by atoms with E-state index in [2.05, 4.69) is 4.90 Å². The zero-order valence-electron chi connectivity index (χ0n) is 15.9. The van der Waals surface area contributed by atoms with E-state index in [0.29, 0.717) is 18.2 Å². The molecule has 152 valence electrons. The summed E-state index contributed by atoms with van der Waals surface area (Å²) in [6, 6.07) is 11.3. The van der Waals surface area contributed by atoms with Crippen LogP contribution in [-0.4, -0.2) is 37.3 Å². The molecule has 0 unspecified atom stereocenters. The molecule has 2 fully saturated rings. The molecule has 7 nitrogen and oxygen atoms in total. The largest absolute Gasteiger partial charge is 0.447 e. The lowest BCUT2D eigenvalue weighted by Gasteiger charge is -2.35. The average Bonchev–Trinajstić information content (AvgIpc) is 3.14. The second kappa shape index (κ2) is 8.06. The van der Waals surface area contributed by atoms with Crippen LogP contribution in [0.5, 0.6) is 0 Å². The minimum absolute atomic E-state index is 0.0514. The molecule has 0 bridgehead atoms. The van der Waals surface area contributed by atoms with Crippen LogP contribution in [0.25, 0.3) is 0 Å². The van der Waals surface area contributed by atoms with Crippen LogP contribution in [0.15, 0.2) is 42.5 Å². The lowest BCUT2D eigenvalue weighted by Crippen LogP contribution is -2.36. The van der Waals surface area contributed by atoms with Gasteiger partial charge in [-0.05, 0) is 48.9 Å². The fraction of sp³-hybridized carbons (Fsp3) is 0.381. The van der Waals surface area contributed by atoms with Gasteiger partial charge < -0.3 is 9.64 Å². The third kappa shape index (κ3) is 4.16. The van der Waals surface area contributed by atoms with E-state index in [1.165, 1.54) is 23.1 Å². The summed E-state index contributed by atoms with van der Waals surface area (Å²) in [6.07, 6.45) is 2.21. The van der Waals surface area contributed by atoms with E-state index in [1.807, 2.05) is 6.07 Å². The fourth-order valence-corrected chi connectivity index (χ4v) is 4.10. The number of halogens is 1. The number of nitro groups is 1. The van der Waals surface area contributed by atoms with Gasteiger partial charge in [0.1, 0.15) is 12.4 Å². The number of ether oxygens (including phenoxy) is 1. The molecule has 2 heterocycles. The summed E-state index contributed by atoms with van der Waals surface area (Å²) >= 11 is 0. The van der Waals surface area contributed by atoms with Gasteiger partial charge in [0.25, 0.3) is 5.69 Å². The van der Waals surface area contributed by atoms with Crippen LogP contribution in [-0.2, 0) is 11.2 Å². The first kappa shape index (κ1) is 19.2. The lowest BCUT2D eigenvalue weighted by molar-refractivity contribution is -0.384. The van der Waals surface area contributed by atoms with Gasteiger partial charge in [0.05, 0.1) is 22.8 Å². The zero-order valence-corrected chi connectivity index (χ0v) is 15.9. The van der Waals surface area contributed by atoms with Gasteiger partial charge >= 0.3 is 6.09 Å². The maximum Gasteiger partial charge on any atom is 0.414 e. The first-order valence-corrected chi connectivity index (χ1v) is 9.73. The number of anilines is 2. The third-order valence-electron chi connectivity index (χ3n) is 5.59. The molecule has 2 aliphatic rings. The van der Waals surface area contributed by atoms with Gasteiger partial charge in [0.2, 0.25) is 0 Å². The van der Waals surface area contributed by atoms with Crippen molar-refractivity contribution < 1.29 is 18.8 Å². The number of cyclic esters (lactones) is 1. The van der Waals surface area contributed by atoms with E-state index in [0.717, 1.165) is 43.6 Å². The number of benzene rings is 2. The summed E-state index contributed by atoms with van der Waals surface area (Å²) in [7, 11) is 0. The minimum Gasteiger partial charge on any atom is -0.447 e. The van der Waals surface area contributed by atoms with Crippen molar-refractivity contribution in [2.45, 2.75) is 19.3 Å². The molecule has 0 spiro atoms. The molecule has 2 aromatic carbocycles. The minimum atomic E-state index is -0.479. The van der Waals surface area contributed by atoms with Gasteiger partial charge in [0.15, 0.2) is 0 Å².